The third-order valence-corrected chi connectivity index (χ3v) is 6.59. The summed E-state index contributed by atoms with van der Waals surface area (Å²) >= 11 is 0. The maximum Gasteiger partial charge on any atom is 0.326 e. The number of benzene rings is 3. The standard InChI is InChI=1S/C30H26N4O4/c1-18(2)27(30(37)38)34-17-22-9-8-21(14-24(22)29(34)36)25-15-32-26(16-31-25)28(35)33-23-12-10-20(11-13-23)19-6-4-3-5-7-19/h3-16,18,27H,17H2,1-2H3,(H,33,35)(H,37,38)/t27-/m0/s1. The fourth-order valence-corrected chi connectivity index (χ4v) is 4.65. The number of aromatic nitrogens is 2. The minimum atomic E-state index is -1.02. The Bertz CT molecular complexity index is 1500. The molecule has 2 heterocycles. The third-order valence-electron chi connectivity index (χ3n) is 6.59. The van der Waals surface area contributed by atoms with Gasteiger partial charge in [-0.05, 0) is 40.8 Å². The molecule has 8 nitrogen and oxygen atoms in total. The van der Waals surface area contributed by atoms with Crippen LogP contribution in [0.15, 0.2) is 85.2 Å². The highest BCUT2D eigenvalue weighted by atomic mass is 16.4. The van der Waals surface area contributed by atoms with Crippen molar-refractivity contribution in [2.24, 2.45) is 5.92 Å². The van der Waals surface area contributed by atoms with E-state index in [1.54, 1.807) is 19.9 Å². The molecule has 1 aromatic heterocycles. The zero-order valence-electron chi connectivity index (χ0n) is 21.0. The van der Waals surface area contributed by atoms with E-state index in [-0.39, 0.29) is 30.0 Å². The SMILES string of the molecule is CC(C)[C@@H](C(=O)O)N1Cc2ccc(-c3cnc(C(=O)Nc4ccc(-c5ccccc5)cc4)cn3)cc2C1=O. The second kappa shape index (κ2) is 10.3. The molecule has 1 atom stereocenters. The smallest absolute Gasteiger partial charge is 0.326 e. The lowest BCUT2D eigenvalue weighted by molar-refractivity contribution is -0.144. The van der Waals surface area contributed by atoms with Crippen molar-refractivity contribution in [3.05, 3.63) is 102 Å². The first-order chi connectivity index (χ1) is 18.3. The van der Waals surface area contributed by atoms with Crippen LogP contribution in [0.3, 0.4) is 0 Å². The van der Waals surface area contributed by atoms with E-state index >= 15 is 0 Å². The van der Waals surface area contributed by atoms with Crippen molar-refractivity contribution in [1.29, 1.82) is 0 Å². The quantitative estimate of drug-likeness (QED) is 0.359. The van der Waals surface area contributed by atoms with Crippen LogP contribution in [-0.2, 0) is 11.3 Å². The number of carboxylic acid groups (broad SMARTS) is 1. The molecule has 3 aromatic carbocycles. The Morgan fingerprint density at radius 3 is 2.21 bits per heavy atom. The first kappa shape index (κ1) is 24.8. The number of carboxylic acids is 1. The van der Waals surface area contributed by atoms with Crippen molar-refractivity contribution >= 4 is 23.5 Å². The van der Waals surface area contributed by atoms with Crippen LogP contribution in [-0.4, -0.2) is 43.8 Å². The van der Waals surface area contributed by atoms with E-state index in [1.807, 2.05) is 66.7 Å². The monoisotopic (exact) mass is 506 g/mol. The Morgan fingerprint density at radius 2 is 1.58 bits per heavy atom. The average molecular weight is 507 g/mol. The average Bonchev–Trinajstić information content (AvgIpc) is 3.24. The summed E-state index contributed by atoms with van der Waals surface area (Å²) in [5, 5.41) is 12.4. The van der Waals surface area contributed by atoms with E-state index < -0.39 is 12.0 Å². The number of carbonyl (C=O) groups excluding carboxylic acids is 2. The molecule has 0 bridgehead atoms. The maximum absolute atomic E-state index is 13.0. The molecule has 0 unspecified atom stereocenters. The van der Waals surface area contributed by atoms with Gasteiger partial charge in [-0.3, -0.25) is 14.6 Å². The van der Waals surface area contributed by atoms with Crippen molar-refractivity contribution < 1.29 is 19.5 Å². The van der Waals surface area contributed by atoms with Crippen molar-refractivity contribution in [1.82, 2.24) is 14.9 Å². The fraction of sp³-hybridized carbons (Fsp3) is 0.167. The van der Waals surface area contributed by atoms with E-state index in [0.717, 1.165) is 16.7 Å². The van der Waals surface area contributed by atoms with Crippen LogP contribution >= 0.6 is 0 Å². The third kappa shape index (κ3) is 4.88. The highest BCUT2D eigenvalue weighted by Gasteiger charge is 2.38. The van der Waals surface area contributed by atoms with E-state index in [2.05, 4.69) is 15.3 Å². The molecule has 38 heavy (non-hydrogen) atoms. The van der Waals surface area contributed by atoms with Gasteiger partial charge in [0.2, 0.25) is 0 Å². The molecule has 0 radical (unpaired) electrons. The van der Waals surface area contributed by atoms with E-state index in [0.29, 0.717) is 22.5 Å². The van der Waals surface area contributed by atoms with Crippen molar-refractivity contribution in [3.8, 4) is 22.4 Å². The molecule has 4 aromatic rings. The van der Waals surface area contributed by atoms with Crippen molar-refractivity contribution in [2.75, 3.05) is 5.32 Å². The van der Waals surface area contributed by atoms with Gasteiger partial charge in [0, 0.05) is 23.4 Å². The van der Waals surface area contributed by atoms with Crippen LogP contribution in [0.2, 0.25) is 0 Å². The molecule has 0 aliphatic carbocycles. The van der Waals surface area contributed by atoms with Crippen LogP contribution in [0.25, 0.3) is 22.4 Å². The van der Waals surface area contributed by atoms with Crippen molar-refractivity contribution in [2.45, 2.75) is 26.4 Å². The van der Waals surface area contributed by atoms with Gasteiger partial charge in [0.05, 0.1) is 18.1 Å². The first-order valence-electron chi connectivity index (χ1n) is 12.3. The largest absolute Gasteiger partial charge is 0.480 e. The number of nitrogens with zero attached hydrogens (tertiary/aromatic N) is 3. The van der Waals surface area contributed by atoms with Crippen molar-refractivity contribution in [3.63, 3.8) is 0 Å². The van der Waals surface area contributed by atoms with Crippen LogP contribution in [0.4, 0.5) is 5.69 Å². The lowest BCUT2D eigenvalue weighted by Gasteiger charge is -2.27. The van der Waals surface area contributed by atoms with Crippen LogP contribution in [0.1, 0.15) is 40.3 Å². The van der Waals surface area contributed by atoms with Gasteiger partial charge in [0.1, 0.15) is 11.7 Å². The second-order valence-corrected chi connectivity index (χ2v) is 9.52. The zero-order valence-corrected chi connectivity index (χ0v) is 21.0. The maximum atomic E-state index is 13.0. The molecule has 2 amide bonds. The molecule has 2 N–H and O–H groups in total. The van der Waals surface area contributed by atoms with Gasteiger partial charge in [-0.25, -0.2) is 9.78 Å². The lowest BCUT2D eigenvalue weighted by atomic mass is 10.0. The van der Waals surface area contributed by atoms with Gasteiger partial charge in [-0.2, -0.15) is 0 Å². The Morgan fingerprint density at radius 1 is 0.895 bits per heavy atom. The fourth-order valence-electron chi connectivity index (χ4n) is 4.65. The number of rotatable bonds is 7. The molecule has 0 fully saturated rings. The zero-order chi connectivity index (χ0) is 26.8. The Labute approximate surface area is 220 Å². The normalized spacial score (nSPS) is 13.3. The Kier molecular flexibility index (Phi) is 6.70. The number of anilines is 1. The predicted octanol–water partition coefficient (Wildman–Crippen LogP) is 5.13. The van der Waals surface area contributed by atoms with Gasteiger partial charge < -0.3 is 15.3 Å². The van der Waals surface area contributed by atoms with E-state index in [1.165, 1.54) is 17.3 Å². The molecule has 0 spiro atoms. The minimum absolute atomic E-state index is 0.158. The minimum Gasteiger partial charge on any atom is -0.480 e. The number of aliphatic carboxylic acids is 1. The number of hydrogen-bond acceptors (Lipinski definition) is 5. The summed E-state index contributed by atoms with van der Waals surface area (Å²) in [5.74, 6) is -1.94. The number of hydrogen-bond donors (Lipinski definition) is 2. The number of fused-ring (bicyclic) bond motifs is 1. The van der Waals surface area contributed by atoms with Gasteiger partial charge in [0.15, 0.2) is 0 Å². The highest BCUT2D eigenvalue weighted by Crippen LogP contribution is 2.30. The van der Waals surface area contributed by atoms with Crippen LogP contribution < -0.4 is 5.32 Å². The molecule has 0 saturated heterocycles. The van der Waals surface area contributed by atoms with Gasteiger partial charge in [0.25, 0.3) is 11.8 Å². The van der Waals surface area contributed by atoms with Crippen LogP contribution in [0.5, 0.6) is 0 Å². The second-order valence-electron chi connectivity index (χ2n) is 9.52. The molecule has 8 heteroatoms. The summed E-state index contributed by atoms with van der Waals surface area (Å²) < 4.78 is 0. The number of amides is 2. The molecule has 0 saturated carbocycles. The highest BCUT2D eigenvalue weighted by molar-refractivity contribution is 6.03. The van der Waals surface area contributed by atoms with E-state index in [4.69, 9.17) is 0 Å². The molecule has 1 aliphatic heterocycles. The van der Waals surface area contributed by atoms with Gasteiger partial charge in [-0.15, -0.1) is 0 Å². The molecule has 1 aliphatic rings. The summed E-state index contributed by atoms with van der Waals surface area (Å²) in [7, 11) is 0. The lowest BCUT2D eigenvalue weighted by Crippen LogP contribution is -2.44. The molecular weight excluding hydrogens is 480 g/mol. The Balaban J connectivity index is 1.28. The van der Waals surface area contributed by atoms with Crippen LogP contribution in [0, 0.1) is 5.92 Å². The molecular formula is C30H26N4O4. The molecule has 5 rings (SSSR count). The summed E-state index contributed by atoms with van der Waals surface area (Å²) in [6.45, 7) is 3.82. The first-order valence-corrected chi connectivity index (χ1v) is 12.3. The summed E-state index contributed by atoms with van der Waals surface area (Å²) in [6.07, 6.45) is 2.88. The summed E-state index contributed by atoms with van der Waals surface area (Å²) in [5.41, 5.74) is 5.33. The number of carbonyl (C=O) groups is 3. The number of nitrogens with one attached hydrogen (secondary N) is 1. The van der Waals surface area contributed by atoms with Gasteiger partial charge >= 0.3 is 5.97 Å². The van der Waals surface area contributed by atoms with Gasteiger partial charge in [-0.1, -0.05) is 68.4 Å². The van der Waals surface area contributed by atoms with E-state index in [9.17, 15) is 19.5 Å². The molecule has 190 valence electrons. The Hall–Kier alpha value is -4.85. The topological polar surface area (TPSA) is 112 Å². The predicted molar refractivity (Wildman–Crippen MR) is 143 cm³/mol. The summed E-state index contributed by atoms with van der Waals surface area (Å²) in [4.78, 5) is 47.5. The summed E-state index contributed by atoms with van der Waals surface area (Å²) in [6, 6.07) is 21.9.